The number of rotatable bonds is 7. The molecule has 0 unspecified atom stereocenters. The second-order valence-corrected chi connectivity index (χ2v) is 4.62. The lowest BCUT2D eigenvalue weighted by molar-refractivity contribution is 0.0660. The van der Waals surface area contributed by atoms with Gasteiger partial charge in [0, 0.05) is 0 Å². The number of furan rings is 1. The maximum atomic E-state index is 12.1. The van der Waals surface area contributed by atoms with Crippen LogP contribution in [0.2, 0.25) is 0 Å². The minimum absolute atomic E-state index is 0.0687. The number of benzene rings is 1. The maximum absolute atomic E-state index is 12.1. The van der Waals surface area contributed by atoms with Gasteiger partial charge in [-0.3, -0.25) is 4.79 Å². The molecule has 0 aliphatic carbocycles. The Morgan fingerprint density at radius 2 is 1.91 bits per heavy atom. The van der Waals surface area contributed by atoms with Crippen LogP contribution in [-0.4, -0.2) is 23.6 Å². The largest absolute Gasteiger partial charge is 0.491 e. The van der Waals surface area contributed by atoms with E-state index in [-0.39, 0.29) is 11.5 Å². The fourth-order valence-electron chi connectivity index (χ4n) is 1.78. The van der Waals surface area contributed by atoms with E-state index in [0.29, 0.717) is 18.0 Å². The van der Waals surface area contributed by atoms with E-state index >= 15 is 0 Å². The molecule has 0 fully saturated rings. The van der Waals surface area contributed by atoms with Crippen molar-refractivity contribution in [3.05, 3.63) is 47.9 Å². The molecule has 1 aromatic carbocycles. The molecule has 0 atom stereocenters. The molecule has 1 amide bonds. The predicted molar refractivity (Wildman–Crippen MR) is 80.5 cm³/mol. The number of hydrogen-bond acceptors (Lipinski definition) is 4. The summed E-state index contributed by atoms with van der Waals surface area (Å²) in [6, 6.07) is 9.61. The first-order valence-electron chi connectivity index (χ1n) is 6.98. The minimum Gasteiger partial charge on any atom is -0.491 e. The van der Waals surface area contributed by atoms with Crippen molar-refractivity contribution in [2.24, 2.45) is 0 Å². The molecule has 116 valence electrons. The quantitative estimate of drug-likeness (QED) is 0.765. The third kappa shape index (κ3) is 3.88. The van der Waals surface area contributed by atoms with Gasteiger partial charge in [-0.25, -0.2) is 4.79 Å². The topological polar surface area (TPSA) is 88.8 Å². The van der Waals surface area contributed by atoms with Crippen LogP contribution in [0.1, 0.15) is 40.9 Å². The van der Waals surface area contributed by atoms with Crippen molar-refractivity contribution >= 4 is 17.6 Å². The van der Waals surface area contributed by atoms with Crippen LogP contribution in [0.3, 0.4) is 0 Å². The zero-order valence-electron chi connectivity index (χ0n) is 12.2. The Bertz CT molecular complexity index is 662. The van der Waals surface area contributed by atoms with E-state index in [9.17, 15) is 9.59 Å². The van der Waals surface area contributed by atoms with E-state index in [4.69, 9.17) is 14.3 Å². The van der Waals surface area contributed by atoms with Gasteiger partial charge in [0.15, 0.2) is 5.76 Å². The number of anilines is 1. The number of carboxylic acid groups (broad SMARTS) is 1. The number of hydrogen-bond donors (Lipinski definition) is 2. The van der Waals surface area contributed by atoms with Crippen LogP contribution in [0.25, 0.3) is 0 Å². The van der Waals surface area contributed by atoms with Crippen molar-refractivity contribution in [2.45, 2.75) is 19.8 Å². The van der Waals surface area contributed by atoms with E-state index in [1.54, 1.807) is 18.2 Å². The van der Waals surface area contributed by atoms with Gasteiger partial charge in [-0.05, 0) is 30.7 Å². The summed E-state index contributed by atoms with van der Waals surface area (Å²) in [7, 11) is 0. The summed E-state index contributed by atoms with van der Waals surface area (Å²) in [5.41, 5.74) is 0.511. The zero-order chi connectivity index (χ0) is 15.9. The van der Waals surface area contributed by atoms with Crippen LogP contribution < -0.4 is 10.1 Å². The highest BCUT2D eigenvalue weighted by Crippen LogP contribution is 2.24. The molecule has 2 aromatic rings. The molecule has 2 N–H and O–H groups in total. The van der Waals surface area contributed by atoms with E-state index in [1.165, 1.54) is 12.1 Å². The third-order valence-corrected chi connectivity index (χ3v) is 2.93. The molecule has 0 aliphatic rings. The lowest BCUT2D eigenvalue weighted by Gasteiger charge is -2.11. The standard InChI is InChI=1S/C16H17NO5/c1-2-3-10-21-12-7-5-4-6-11(12)17-15(18)13-8-9-14(22-13)16(19)20/h4-9H,2-3,10H2,1H3,(H,17,18)(H,19,20). The zero-order valence-corrected chi connectivity index (χ0v) is 12.2. The highest BCUT2D eigenvalue weighted by molar-refractivity contribution is 6.03. The fourth-order valence-corrected chi connectivity index (χ4v) is 1.78. The van der Waals surface area contributed by atoms with Crippen molar-refractivity contribution in [3.8, 4) is 5.75 Å². The van der Waals surface area contributed by atoms with Gasteiger partial charge in [-0.2, -0.15) is 0 Å². The molecule has 0 bridgehead atoms. The molecule has 0 radical (unpaired) electrons. The van der Waals surface area contributed by atoms with E-state index in [0.717, 1.165) is 12.8 Å². The Morgan fingerprint density at radius 3 is 2.59 bits per heavy atom. The van der Waals surface area contributed by atoms with Gasteiger partial charge in [0.05, 0.1) is 12.3 Å². The lowest BCUT2D eigenvalue weighted by Crippen LogP contribution is -2.12. The molecule has 0 saturated carbocycles. The summed E-state index contributed by atoms with van der Waals surface area (Å²) in [4.78, 5) is 22.8. The molecule has 0 aliphatic heterocycles. The van der Waals surface area contributed by atoms with Crippen LogP contribution in [0.15, 0.2) is 40.8 Å². The molecule has 0 saturated heterocycles. The normalized spacial score (nSPS) is 10.2. The number of nitrogens with one attached hydrogen (secondary N) is 1. The molecule has 0 spiro atoms. The number of carboxylic acids is 1. The monoisotopic (exact) mass is 303 g/mol. The highest BCUT2D eigenvalue weighted by atomic mass is 16.5. The van der Waals surface area contributed by atoms with Gasteiger partial charge in [-0.15, -0.1) is 0 Å². The number of carbonyl (C=O) groups excluding carboxylic acids is 1. The predicted octanol–water partition coefficient (Wildman–Crippen LogP) is 3.41. The van der Waals surface area contributed by atoms with Crippen molar-refractivity contribution in [1.82, 2.24) is 0 Å². The Hall–Kier alpha value is -2.76. The summed E-state index contributed by atoms with van der Waals surface area (Å²) >= 11 is 0. The molecule has 1 heterocycles. The summed E-state index contributed by atoms with van der Waals surface area (Å²) < 4.78 is 10.6. The Morgan fingerprint density at radius 1 is 1.18 bits per heavy atom. The summed E-state index contributed by atoms with van der Waals surface area (Å²) in [5.74, 6) is -1.53. The van der Waals surface area contributed by atoms with Crippen LogP contribution in [0.5, 0.6) is 5.75 Å². The second kappa shape index (κ2) is 7.31. The first kappa shape index (κ1) is 15.6. The van der Waals surface area contributed by atoms with E-state index < -0.39 is 11.9 Å². The SMILES string of the molecule is CCCCOc1ccccc1NC(=O)c1ccc(C(=O)O)o1. The molecule has 2 rings (SSSR count). The molecule has 22 heavy (non-hydrogen) atoms. The van der Waals surface area contributed by atoms with Crippen LogP contribution in [0.4, 0.5) is 5.69 Å². The highest BCUT2D eigenvalue weighted by Gasteiger charge is 2.16. The number of para-hydroxylation sites is 2. The third-order valence-electron chi connectivity index (χ3n) is 2.93. The minimum atomic E-state index is -1.22. The Labute approximate surface area is 127 Å². The van der Waals surface area contributed by atoms with E-state index in [2.05, 4.69) is 12.2 Å². The summed E-state index contributed by atoms with van der Waals surface area (Å²) in [6.45, 7) is 2.63. The number of carbonyl (C=O) groups is 2. The Kier molecular flexibility index (Phi) is 5.19. The summed E-state index contributed by atoms with van der Waals surface area (Å²) in [5, 5.41) is 11.4. The van der Waals surface area contributed by atoms with Gasteiger partial charge in [0.2, 0.25) is 5.76 Å². The van der Waals surface area contributed by atoms with Crippen LogP contribution in [-0.2, 0) is 0 Å². The maximum Gasteiger partial charge on any atom is 0.371 e. The first-order chi connectivity index (χ1) is 10.6. The van der Waals surface area contributed by atoms with Gasteiger partial charge in [0.1, 0.15) is 5.75 Å². The van der Waals surface area contributed by atoms with Gasteiger partial charge < -0.3 is 19.6 Å². The summed E-state index contributed by atoms with van der Waals surface area (Å²) in [6.07, 6.45) is 1.93. The molecule has 1 aromatic heterocycles. The Balaban J connectivity index is 2.08. The smallest absolute Gasteiger partial charge is 0.371 e. The van der Waals surface area contributed by atoms with Crippen molar-refractivity contribution in [3.63, 3.8) is 0 Å². The van der Waals surface area contributed by atoms with Crippen molar-refractivity contribution in [2.75, 3.05) is 11.9 Å². The van der Waals surface area contributed by atoms with Gasteiger partial charge >= 0.3 is 5.97 Å². The van der Waals surface area contributed by atoms with Gasteiger partial charge in [-0.1, -0.05) is 25.5 Å². The van der Waals surface area contributed by atoms with Crippen molar-refractivity contribution < 1.29 is 23.8 Å². The average molecular weight is 303 g/mol. The molecular weight excluding hydrogens is 286 g/mol. The van der Waals surface area contributed by atoms with E-state index in [1.807, 2.05) is 6.07 Å². The number of ether oxygens (including phenoxy) is 1. The average Bonchev–Trinajstić information content (AvgIpc) is 2.99. The number of aromatic carboxylic acids is 1. The van der Waals surface area contributed by atoms with Crippen molar-refractivity contribution in [1.29, 1.82) is 0 Å². The second-order valence-electron chi connectivity index (χ2n) is 4.62. The van der Waals surface area contributed by atoms with Gasteiger partial charge in [0.25, 0.3) is 5.91 Å². The first-order valence-corrected chi connectivity index (χ1v) is 6.98. The number of amides is 1. The lowest BCUT2D eigenvalue weighted by atomic mass is 10.2. The van der Waals surface area contributed by atoms with Crippen LogP contribution in [0, 0.1) is 0 Å². The molecular formula is C16H17NO5. The van der Waals surface area contributed by atoms with Crippen LogP contribution >= 0.6 is 0 Å². The molecule has 6 heteroatoms. The fraction of sp³-hybridized carbons (Fsp3) is 0.250. The molecule has 6 nitrogen and oxygen atoms in total. The number of unbranched alkanes of at least 4 members (excludes halogenated alkanes) is 1.